The van der Waals surface area contributed by atoms with Gasteiger partial charge in [0.05, 0.1) is 22.2 Å². The van der Waals surface area contributed by atoms with Crippen molar-refractivity contribution in [3.8, 4) is 0 Å². The SMILES string of the molecule is Nc1nc2c(CC3=CCc4ccccc4[N+]3=O)cccc2[nH]1. The summed E-state index contributed by atoms with van der Waals surface area (Å²) < 4.78 is 1.02. The minimum absolute atomic E-state index is 0.393. The zero-order chi connectivity index (χ0) is 15.1. The number of nitrogen functional groups attached to an aromatic ring is 1. The van der Waals surface area contributed by atoms with E-state index in [1.54, 1.807) is 0 Å². The van der Waals surface area contributed by atoms with E-state index in [0.717, 1.165) is 44.7 Å². The standard InChI is InChI=1S/C17H15N4O/c18-17-19-14-6-3-5-12(16(14)20-17)10-13-9-8-11-4-1-2-7-15(11)21(13)22/h1-7,9H,8,10H2,(H3,18,19,20)/q+1. The summed E-state index contributed by atoms with van der Waals surface area (Å²) >= 11 is 0. The molecule has 5 nitrogen and oxygen atoms in total. The Hall–Kier alpha value is -2.95. The highest BCUT2D eigenvalue weighted by molar-refractivity contribution is 5.80. The van der Waals surface area contributed by atoms with Crippen LogP contribution in [-0.4, -0.2) is 14.7 Å². The van der Waals surface area contributed by atoms with Gasteiger partial charge in [-0.3, -0.25) is 0 Å². The zero-order valence-electron chi connectivity index (χ0n) is 11.9. The Morgan fingerprint density at radius 2 is 2.05 bits per heavy atom. The number of para-hydroxylation sites is 2. The zero-order valence-corrected chi connectivity index (χ0v) is 11.9. The van der Waals surface area contributed by atoms with E-state index in [1.165, 1.54) is 0 Å². The summed E-state index contributed by atoms with van der Waals surface area (Å²) in [5, 5.41) is 0. The minimum Gasteiger partial charge on any atom is -0.369 e. The maximum absolute atomic E-state index is 12.6. The van der Waals surface area contributed by atoms with Crippen molar-refractivity contribution in [2.24, 2.45) is 0 Å². The number of nitrogens with one attached hydrogen (secondary N) is 1. The number of nitrogens with zero attached hydrogens (tertiary/aromatic N) is 2. The molecule has 1 aliphatic rings. The first kappa shape index (κ1) is 12.8. The molecule has 0 fully saturated rings. The van der Waals surface area contributed by atoms with Crippen molar-refractivity contribution in [3.63, 3.8) is 0 Å². The third-order valence-electron chi connectivity index (χ3n) is 4.02. The van der Waals surface area contributed by atoms with Crippen molar-refractivity contribution in [1.29, 1.82) is 0 Å². The maximum atomic E-state index is 12.6. The van der Waals surface area contributed by atoms with Crippen molar-refractivity contribution in [2.45, 2.75) is 12.8 Å². The average molecular weight is 291 g/mol. The maximum Gasteiger partial charge on any atom is 0.266 e. The number of nitroso groups, excluding NO2 is 1. The molecule has 4 rings (SSSR count). The quantitative estimate of drug-likeness (QED) is 0.712. The predicted octanol–water partition coefficient (Wildman–Crippen LogP) is 3.24. The number of fused-ring (bicyclic) bond motifs is 2. The lowest BCUT2D eigenvalue weighted by atomic mass is 10.0. The van der Waals surface area contributed by atoms with Crippen LogP contribution in [0.1, 0.15) is 11.1 Å². The Balaban J connectivity index is 1.72. The molecule has 0 saturated carbocycles. The lowest BCUT2D eigenvalue weighted by Crippen LogP contribution is -2.11. The highest BCUT2D eigenvalue weighted by Crippen LogP contribution is 2.29. The van der Waals surface area contributed by atoms with Crippen LogP contribution in [0.2, 0.25) is 0 Å². The van der Waals surface area contributed by atoms with Crippen LogP contribution in [-0.2, 0) is 12.8 Å². The Morgan fingerprint density at radius 1 is 1.18 bits per heavy atom. The van der Waals surface area contributed by atoms with Crippen LogP contribution in [0.5, 0.6) is 0 Å². The van der Waals surface area contributed by atoms with Crippen LogP contribution >= 0.6 is 0 Å². The summed E-state index contributed by atoms with van der Waals surface area (Å²) in [5.74, 6) is 0.393. The summed E-state index contributed by atoms with van der Waals surface area (Å²) in [7, 11) is 0. The summed E-state index contributed by atoms with van der Waals surface area (Å²) in [6.07, 6.45) is 3.31. The second-order valence-corrected chi connectivity index (χ2v) is 5.43. The van der Waals surface area contributed by atoms with Gasteiger partial charge in [-0.05, 0) is 17.7 Å². The van der Waals surface area contributed by atoms with Crippen LogP contribution in [0.25, 0.3) is 11.0 Å². The van der Waals surface area contributed by atoms with Gasteiger partial charge in [-0.1, -0.05) is 30.3 Å². The number of nitrogens with two attached hydrogens (primary N) is 1. The number of hydrogen-bond acceptors (Lipinski definition) is 3. The second kappa shape index (κ2) is 4.80. The van der Waals surface area contributed by atoms with Gasteiger partial charge >= 0.3 is 0 Å². The van der Waals surface area contributed by atoms with Crippen LogP contribution in [0.15, 0.2) is 54.2 Å². The molecular weight excluding hydrogens is 276 g/mol. The fraction of sp³-hybridized carbons (Fsp3) is 0.118. The van der Waals surface area contributed by atoms with Crippen molar-refractivity contribution < 1.29 is 4.76 Å². The third-order valence-corrected chi connectivity index (χ3v) is 4.02. The highest BCUT2D eigenvalue weighted by atomic mass is 16.3. The van der Waals surface area contributed by atoms with E-state index in [0.29, 0.717) is 12.4 Å². The van der Waals surface area contributed by atoms with Crippen molar-refractivity contribution >= 4 is 22.7 Å². The van der Waals surface area contributed by atoms with E-state index in [1.807, 2.05) is 48.5 Å². The Bertz CT molecular complexity index is 923. The first-order chi connectivity index (χ1) is 10.7. The van der Waals surface area contributed by atoms with E-state index in [4.69, 9.17) is 5.73 Å². The summed E-state index contributed by atoms with van der Waals surface area (Å²) in [6.45, 7) is 0. The summed E-state index contributed by atoms with van der Waals surface area (Å²) in [6, 6.07) is 13.6. The average Bonchev–Trinajstić information content (AvgIpc) is 2.91. The van der Waals surface area contributed by atoms with Gasteiger partial charge in [0.1, 0.15) is 0 Å². The van der Waals surface area contributed by atoms with Crippen molar-refractivity contribution in [3.05, 3.63) is 70.3 Å². The topological polar surface area (TPSA) is 74.8 Å². The molecular formula is C17H15N4O+. The predicted molar refractivity (Wildman–Crippen MR) is 85.7 cm³/mol. The molecule has 3 N–H and O–H groups in total. The molecule has 0 bridgehead atoms. The smallest absolute Gasteiger partial charge is 0.266 e. The van der Waals surface area contributed by atoms with E-state index >= 15 is 0 Å². The van der Waals surface area contributed by atoms with Gasteiger partial charge in [-0.15, -0.1) is 0 Å². The van der Waals surface area contributed by atoms with E-state index in [2.05, 4.69) is 9.97 Å². The number of anilines is 1. The van der Waals surface area contributed by atoms with E-state index in [-0.39, 0.29) is 0 Å². The second-order valence-electron chi connectivity index (χ2n) is 5.43. The van der Waals surface area contributed by atoms with Crippen molar-refractivity contribution in [2.75, 3.05) is 5.73 Å². The highest BCUT2D eigenvalue weighted by Gasteiger charge is 2.29. The number of aromatic amines is 1. The molecule has 1 aromatic heterocycles. The number of benzene rings is 2. The lowest BCUT2D eigenvalue weighted by molar-refractivity contribution is -0.412. The van der Waals surface area contributed by atoms with Gasteiger partial charge in [-0.2, -0.15) is 0 Å². The van der Waals surface area contributed by atoms with Gasteiger partial charge < -0.3 is 10.7 Å². The largest absolute Gasteiger partial charge is 0.369 e. The van der Waals surface area contributed by atoms with Crippen molar-refractivity contribution in [1.82, 2.24) is 9.97 Å². The lowest BCUT2D eigenvalue weighted by Gasteiger charge is -2.08. The molecule has 108 valence electrons. The molecule has 0 atom stereocenters. The molecule has 0 amide bonds. The van der Waals surface area contributed by atoms with Crippen LogP contribution < -0.4 is 5.73 Å². The van der Waals surface area contributed by atoms with Gasteiger partial charge in [0, 0.05) is 23.0 Å². The molecule has 0 saturated heterocycles. The Kier molecular flexibility index (Phi) is 2.79. The number of aromatic nitrogens is 2. The summed E-state index contributed by atoms with van der Waals surface area (Å²) in [4.78, 5) is 19.9. The van der Waals surface area contributed by atoms with Crippen LogP contribution in [0, 0.1) is 4.91 Å². The first-order valence-corrected chi connectivity index (χ1v) is 7.19. The molecule has 0 radical (unpaired) electrons. The minimum atomic E-state index is 0.393. The first-order valence-electron chi connectivity index (χ1n) is 7.19. The molecule has 22 heavy (non-hydrogen) atoms. The Labute approximate surface area is 127 Å². The number of H-pyrrole nitrogens is 1. The molecule has 0 unspecified atom stereocenters. The number of allylic oxidation sites excluding steroid dienone is 2. The van der Waals surface area contributed by atoms with Gasteiger partial charge in [0.15, 0.2) is 5.95 Å². The fourth-order valence-corrected chi connectivity index (χ4v) is 2.94. The van der Waals surface area contributed by atoms with Crippen LogP contribution in [0.4, 0.5) is 11.6 Å². The Morgan fingerprint density at radius 3 is 2.95 bits per heavy atom. The molecule has 5 heteroatoms. The molecule has 2 aromatic carbocycles. The van der Waals surface area contributed by atoms with Gasteiger partial charge in [-0.25, -0.2) is 4.98 Å². The normalized spacial score (nSPS) is 14.0. The molecule has 0 aliphatic carbocycles. The molecule has 1 aliphatic heterocycles. The summed E-state index contributed by atoms with van der Waals surface area (Å²) in [5.41, 5.74) is 11.0. The number of hydrogen-bond donors (Lipinski definition) is 2. The van der Waals surface area contributed by atoms with Gasteiger partial charge in [0.25, 0.3) is 5.69 Å². The number of imidazole rings is 1. The molecule has 3 aromatic rings. The number of rotatable bonds is 2. The third kappa shape index (κ3) is 1.98. The van der Waals surface area contributed by atoms with E-state index in [9.17, 15) is 4.91 Å². The van der Waals surface area contributed by atoms with Crippen LogP contribution in [0.3, 0.4) is 0 Å². The molecule has 0 spiro atoms. The molecule has 2 heterocycles. The van der Waals surface area contributed by atoms with E-state index < -0.39 is 0 Å². The van der Waals surface area contributed by atoms with Gasteiger partial charge in [0.2, 0.25) is 5.70 Å². The fourth-order valence-electron chi connectivity index (χ4n) is 2.94. The monoisotopic (exact) mass is 291 g/mol.